The molecule has 1 aromatic heterocycles. The molecule has 10 heavy (non-hydrogen) atoms. The fourth-order valence-corrected chi connectivity index (χ4v) is 1.17. The predicted octanol–water partition coefficient (Wildman–Crippen LogP) is -1.41. The van der Waals surface area contributed by atoms with E-state index in [1.165, 1.54) is 0 Å². The molecule has 2 heterocycles. The van der Waals surface area contributed by atoms with Crippen LogP contribution in [0.15, 0.2) is 28.3 Å². The summed E-state index contributed by atoms with van der Waals surface area (Å²) >= 11 is 2.73. The molecule has 0 bridgehead atoms. The average Bonchev–Trinajstić information content (AvgIpc) is 2.27. The molecule has 0 unspecified atom stereocenters. The summed E-state index contributed by atoms with van der Waals surface area (Å²) in [4.78, 5) is 12.1. The molecule has 0 spiro atoms. The summed E-state index contributed by atoms with van der Waals surface area (Å²) in [6, 6.07) is 3.73. The Morgan fingerprint density at radius 1 is 1.30 bits per heavy atom. The van der Waals surface area contributed by atoms with Gasteiger partial charge in [-0.15, -0.1) is 0 Å². The van der Waals surface area contributed by atoms with Crippen LogP contribution in [0.3, 0.4) is 0 Å². The third-order valence-corrected chi connectivity index (χ3v) is 1.57. The zero-order valence-corrected chi connectivity index (χ0v) is 6.70. The van der Waals surface area contributed by atoms with Gasteiger partial charge in [-0.3, -0.25) is 0 Å². The molecule has 3 nitrogen and oxygen atoms in total. The van der Waals surface area contributed by atoms with Gasteiger partial charge in [-0.1, -0.05) is 0 Å². The Kier molecular flexibility index (Phi) is 1.22. The van der Waals surface area contributed by atoms with Crippen molar-refractivity contribution in [3.63, 3.8) is 0 Å². The molecule has 0 saturated heterocycles. The Labute approximate surface area is 64.9 Å². The van der Waals surface area contributed by atoms with E-state index < -0.39 is 0 Å². The quantitative estimate of drug-likeness (QED) is 0.470. The molecule has 0 N–H and O–H groups in total. The van der Waals surface area contributed by atoms with Crippen LogP contribution < -0.4 is 10.8 Å². The van der Waals surface area contributed by atoms with Crippen LogP contribution in [0.2, 0.25) is 0 Å². The fourth-order valence-electron chi connectivity index (χ4n) is 0.781. The summed E-state index contributed by atoms with van der Waals surface area (Å²) in [6.07, 6.45) is 1.70. The summed E-state index contributed by atoms with van der Waals surface area (Å²) in [7, 11) is 0. The Hall–Kier alpha value is -0.861. The number of pyridine rings is 1. The van der Waals surface area contributed by atoms with Crippen molar-refractivity contribution in [1.82, 2.24) is 4.98 Å². The van der Waals surface area contributed by atoms with Gasteiger partial charge in [0.25, 0.3) is 0 Å². The van der Waals surface area contributed by atoms with Crippen molar-refractivity contribution in [1.29, 1.82) is 0 Å². The molecule has 4 heteroatoms. The van der Waals surface area contributed by atoms with E-state index in [4.69, 9.17) is 0 Å². The second kappa shape index (κ2) is 2.08. The van der Waals surface area contributed by atoms with Gasteiger partial charge >= 0.3 is 64.4 Å². The molecule has 0 atom stereocenters. The van der Waals surface area contributed by atoms with Gasteiger partial charge in [0.2, 0.25) is 0 Å². The monoisotopic (exact) mass is 197 g/mol. The third-order valence-electron chi connectivity index (χ3n) is 1.18. The van der Waals surface area contributed by atoms with Crippen LogP contribution in [-0.4, -0.2) is 25.2 Å². The molecule has 0 aromatic carbocycles. The standard InChI is InChI=1S/C6H3N3Se/c10-6-8-4-2-1-3-7-5(4)9-6/h1-3H. The Bertz CT molecular complexity index is 359. The van der Waals surface area contributed by atoms with Crippen LogP contribution in [0, 0.1) is 0 Å². The molecule has 0 radical (unpaired) electrons. The van der Waals surface area contributed by atoms with Gasteiger partial charge in [-0.25, -0.2) is 0 Å². The molecule has 1 aromatic rings. The first-order valence-electron chi connectivity index (χ1n) is 2.79. The molecule has 48 valence electrons. The summed E-state index contributed by atoms with van der Waals surface area (Å²) in [5, 5.41) is 0.844. The maximum absolute atomic E-state index is 4.08. The number of hydrogen-bond donors (Lipinski definition) is 0. The Morgan fingerprint density at radius 3 is 3.00 bits per heavy atom. The number of hydrogen-bond acceptors (Lipinski definition) is 3. The second-order valence-electron chi connectivity index (χ2n) is 1.85. The first kappa shape index (κ1) is 5.89. The van der Waals surface area contributed by atoms with Crippen molar-refractivity contribution in [2.75, 3.05) is 0 Å². The fraction of sp³-hybridized carbons (Fsp3) is 0. The van der Waals surface area contributed by atoms with Crippen molar-refractivity contribution < 1.29 is 0 Å². The van der Waals surface area contributed by atoms with Crippen LogP contribution in [0.25, 0.3) is 0 Å². The van der Waals surface area contributed by atoms with E-state index in [-0.39, 0.29) is 0 Å². The summed E-state index contributed by atoms with van der Waals surface area (Å²) in [5.41, 5.74) is 0.705. The molecule has 1 aliphatic rings. The topological polar surface area (TPSA) is 37.6 Å². The minimum atomic E-state index is 0.661. The normalized spacial score (nSPS) is 13.8. The summed E-state index contributed by atoms with van der Waals surface area (Å²) < 4.78 is 0.661. The van der Waals surface area contributed by atoms with E-state index >= 15 is 0 Å². The van der Waals surface area contributed by atoms with Crippen LogP contribution in [-0.2, 0) is 0 Å². The van der Waals surface area contributed by atoms with Crippen molar-refractivity contribution in [2.24, 2.45) is 9.98 Å². The van der Waals surface area contributed by atoms with E-state index in [2.05, 4.69) is 30.5 Å². The zero-order chi connectivity index (χ0) is 6.97. The van der Waals surface area contributed by atoms with Crippen LogP contribution in [0.1, 0.15) is 0 Å². The first-order chi connectivity index (χ1) is 4.86. The Balaban J connectivity index is 2.96. The molecular formula is C6H3N3Se. The molecule has 1 aliphatic heterocycles. The first-order valence-corrected chi connectivity index (χ1v) is 3.64. The van der Waals surface area contributed by atoms with Crippen LogP contribution >= 0.6 is 0 Å². The summed E-state index contributed by atoms with van der Waals surface area (Å²) in [6.45, 7) is 0. The summed E-state index contributed by atoms with van der Waals surface area (Å²) in [5.74, 6) is 0. The number of nitrogens with zero attached hydrogens (tertiary/aromatic N) is 3. The second-order valence-corrected chi connectivity index (χ2v) is 2.62. The molecule has 0 aliphatic carbocycles. The van der Waals surface area contributed by atoms with Gasteiger partial charge in [0, 0.05) is 0 Å². The van der Waals surface area contributed by atoms with Gasteiger partial charge < -0.3 is 0 Å². The Morgan fingerprint density at radius 2 is 2.20 bits per heavy atom. The zero-order valence-electron chi connectivity index (χ0n) is 4.98. The molecule has 0 fully saturated rings. The van der Waals surface area contributed by atoms with Crippen LogP contribution in [0.5, 0.6) is 0 Å². The number of fused-ring (bicyclic) bond motifs is 1. The van der Waals surface area contributed by atoms with Gasteiger partial charge in [-0.05, 0) is 0 Å². The van der Waals surface area contributed by atoms with Crippen molar-refractivity contribution >= 4 is 20.2 Å². The van der Waals surface area contributed by atoms with Gasteiger partial charge in [-0.2, -0.15) is 0 Å². The SMILES string of the molecule is [Se]=C1N=c2cccnc2=N1. The van der Waals surface area contributed by atoms with E-state index in [0.717, 1.165) is 5.36 Å². The molecule has 2 rings (SSSR count). The van der Waals surface area contributed by atoms with Gasteiger partial charge in [0.15, 0.2) is 0 Å². The third kappa shape index (κ3) is 0.818. The van der Waals surface area contributed by atoms with Gasteiger partial charge in [0.1, 0.15) is 0 Å². The number of aromatic nitrogens is 1. The van der Waals surface area contributed by atoms with E-state index in [1.807, 2.05) is 12.1 Å². The molecule has 0 amide bonds. The molecule has 0 saturated carbocycles. The van der Waals surface area contributed by atoms with Gasteiger partial charge in [0.05, 0.1) is 0 Å². The van der Waals surface area contributed by atoms with Crippen molar-refractivity contribution in [3.8, 4) is 0 Å². The van der Waals surface area contributed by atoms with Crippen molar-refractivity contribution in [3.05, 3.63) is 29.2 Å². The number of rotatable bonds is 0. The van der Waals surface area contributed by atoms with Crippen LogP contribution in [0.4, 0.5) is 0 Å². The minimum absolute atomic E-state index is 0.661. The van der Waals surface area contributed by atoms with E-state index in [0.29, 0.717) is 10.2 Å². The van der Waals surface area contributed by atoms with E-state index in [1.54, 1.807) is 6.20 Å². The van der Waals surface area contributed by atoms with E-state index in [9.17, 15) is 0 Å². The molecular weight excluding hydrogens is 193 g/mol. The maximum atomic E-state index is 4.08. The average molecular weight is 196 g/mol. The van der Waals surface area contributed by atoms with Crippen molar-refractivity contribution in [2.45, 2.75) is 0 Å². The predicted molar refractivity (Wildman–Crippen MR) is 37.3 cm³/mol.